The number of thioether (sulfide) groups is 1. The molecule has 4 heteroatoms. The minimum Gasteiger partial charge on any atom is -0.462 e. The minimum absolute atomic E-state index is 0.277. The van der Waals surface area contributed by atoms with Gasteiger partial charge in [0, 0.05) is 6.61 Å². The second-order valence-electron chi connectivity index (χ2n) is 3.49. The molecular formula is C12H22O3S. The fourth-order valence-electron chi connectivity index (χ4n) is 0.971. The van der Waals surface area contributed by atoms with E-state index in [9.17, 15) is 4.79 Å². The Labute approximate surface area is 103 Å². The predicted molar refractivity (Wildman–Crippen MR) is 68.8 cm³/mol. The number of carbonyl (C=O) groups is 1. The van der Waals surface area contributed by atoms with E-state index in [0.29, 0.717) is 18.8 Å². The molecular weight excluding hydrogens is 224 g/mol. The Balaban J connectivity index is 3.44. The summed E-state index contributed by atoms with van der Waals surface area (Å²) in [5.41, 5.74) is 0.403. The van der Waals surface area contributed by atoms with Gasteiger partial charge in [0.1, 0.15) is 0 Å². The normalized spacial score (nSPS) is 10.1. The maximum Gasteiger partial charge on any atom is 0.335 e. The van der Waals surface area contributed by atoms with Crippen molar-refractivity contribution < 1.29 is 14.3 Å². The van der Waals surface area contributed by atoms with E-state index in [1.54, 1.807) is 11.8 Å². The standard InChI is InChI=1S/C12H22O3S/c1-4-5-8-15-12(13)11(2)10-14-7-6-9-16-3/h2,4-10H2,1,3H3. The molecule has 0 saturated carbocycles. The van der Waals surface area contributed by atoms with Crippen LogP contribution in [0.15, 0.2) is 12.2 Å². The number of unbranched alkanes of at least 4 members (excludes halogenated alkanes) is 1. The Kier molecular flexibility index (Phi) is 10.7. The first-order chi connectivity index (χ1) is 7.72. The average molecular weight is 246 g/mol. The summed E-state index contributed by atoms with van der Waals surface area (Å²) in [6.45, 7) is 7.12. The van der Waals surface area contributed by atoms with Gasteiger partial charge in [-0.15, -0.1) is 0 Å². The Hall–Kier alpha value is -0.480. The molecule has 0 rings (SSSR count). The molecule has 0 radical (unpaired) electrons. The van der Waals surface area contributed by atoms with Gasteiger partial charge in [-0.1, -0.05) is 19.9 Å². The quantitative estimate of drug-likeness (QED) is 0.337. The largest absolute Gasteiger partial charge is 0.462 e. The highest BCUT2D eigenvalue weighted by Gasteiger charge is 2.07. The summed E-state index contributed by atoms with van der Waals surface area (Å²) in [5.74, 6) is 0.742. The monoisotopic (exact) mass is 246 g/mol. The van der Waals surface area contributed by atoms with Gasteiger partial charge in [0.15, 0.2) is 0 Å². The van der Waals surface area contributed by atoms with E-state index in [4.69, 9.17) is 9.47 Å². The van der Waals surface area contributed by atoms with E-state index in [-0.39, 0.29) is 12.6 Å². The van der Waals surface area contributed by atoms with Crippen LogP contribution >= 0.6 is 11.8 Å². The number of ether oxygens (including phenoxy) is 2. The van der Waals surface area contributed by atoms with Gasteiger partial charge in [-0.25, -0.2) is 4.79 Å². The molecule has 0 saturated heterocycles. The van der Waals surface area contributed by atoms with Crippen LogP contribution in [0.1, 0.15) is 26.2 Å². The van der Waals surface area contributed by atoms with Crippen molar-refractivity contribution in [1.82, 2.24) is 0 Å². The van der Waals surface area contributed by atoms with Crippen LogP contribution in [0.5, 0.6) is 0 Å². The average Bonchev–Trinajstić information content (AvgIpc) is 2.28. The molecule has 94 valence electrons. The summed E-state index contributed by atoms with van der Waals surface area (Å²) in [7, 11) is 0. The lowest BCUT2D eigenvalue weighted by molar-refractivity contribution is -0.139. The highest BCUT2D eigenvalue weighted by atomic mass is 32.2. The van der Waals surface area contributed by atoms with Crippen LogP contribution in [-0.2, 0) is 14.3 Å². The molecule has 0 unspecified atom stereocenters. The van der Waals surface area contributed by atoms with Gasteiger partial charge in [-0.05, 0) is 24.9 Å². The van der Waals surface area contributed by atoms with E-state index >= 15 is 0 Å². The SMILES string of the molecule is C=C(COCCCSC)C(=O)OCCCC. The molecule has 0 aliphatic heterocycles. The zero-order valence-electron chi connectivity index (χ0n) is 10.3. The first-order valence-corrected chi connectivity index (χ1v) is 7.03. The first-order valence-electron chi connectivity index (χ1n) is 5.64. The van der Waals surface area contributed by atoms with Crippen LogP contribution < -0.4 is 0 Å². The molecule has 0 atom stereocenters. The van der Waals surface area contributed by atoms with Gasteiger partial charge < -0.3 is 9.47 Å². The van der Waals surface area contributed by atoms with E-state index in [0.717, 1.165) is 25.0 Å². The van der Waals surface area contributed by atoms with E-state index in [1.807, 2.05) is 0 Å². The van der Waals surface area contributed by atoms with Crippen LogP contribution in [0.2, 0.25) is 0 Å². The number of esters is 1. The van der Waals surface area contributed by atoms with Crippen molar-refractivity contribution in [3.05, 3.63) is 12.2 Å². The van der Waals surface area contributed by atoms with E-state index < -0.39 is 0 Å². The zero-order chi connectivity index (χ0) is 12.2. The zero-order valence-corrected chi connectivity index (χ0v) is 11.1. The second-order valence-corrected chi connectivity index (χ2v) is 4.48. The number of hydrogen-bond acceptors (Lipinski definition) is 4. The first kappa shape index (κ1) is 15.5. The van der Waals surface area contributed by atoms with E-state index in [1.165, 1.54) is 0 Å². The van der Waals surface area contributed by atoms with Gasteiger partial charge >= 0.3 is 5.97 Å². The van der Waals surface area contributed by atoms with Crippen LogP contribution in [0.25, 0.3) is 0 Å². The molecule has 0 N–H and O–H groups in total. The highest BCUT2D eigenvalue weighted by molar-refractivity contribution is 7.98. The van der Waals surface area contributed by atoms with Crippen LogP contribution in [0, 0.1) is 0 Å². The third-order valence-electron chi connectivity index (χ3n) is 1.93. The Morgan fingerprint density at radius 2 is 2.06 bits per heavy atom. The smallest absolute Gasteiger partial charge is 0.335 e. The van der Waals surface area contributed by atoms with Gasteiger partial charge in [-0.2, -0.15) is 11.8 Å². The third-order valence-corrected chi connectivity index (χ3v) is 2.63. The summed E-state index contributed by atoms with van der Waals surface area (Å²) in [4.78, 5) is 11.3. The molecule has 0 fully saturated rings. The van der Waals surface area contributed by atoms with Crippen LogP contribution in [0.3, 0.4) is 0 Å². The topological polar surface area (TPSA) is 35.5 Å². The molecule has 0 amide bonds. The van der Waals surface area contributed by atoms with Crippen LogP contribution in [0.4, 0.5) is 0 Å². The number of hydrogen-bond donors (Lipinski definition) is 0. The Bertz CT molecular complexity index is 204. The predicted octanol–water partition coefficient (Wildman–Crippen LogP) is 2.66. The second kappa shape index (κ2) is 11.0. The van der Waals surface area contributed by atoms with Gasteiger partial charge in [-0.3, -0.25) is 0 Å². The third kappa shape index (κ3) is 8.80. The van der Waals surface area contributed by atoms with Gasteiger partial charge in [0.05, 0.1) is 18.8 Å². The summed E-state index contributed by atoms with van der Waals surface area (Å²) >= 11 is 1.79. The van der Waals surface area contributed by atoms with E-state index in [2.05, 4.69) is 19.8 Å². The van der Waals surface area contributed by atoms with Crippen molar-refractivity contribution in [3.63, 3.8) is 0 Å². The van der Waals surface area contributed by atoms with Gasteiger partial charge in [0.2, 0.25) is 0 Å². The highest BCUT2D eigenvalue weighted by Crippen LogP contribution is 2.00. The molecule has 16 heavy (non-hydrogen) atoms. The molecule has 3 nitrogen and oxygen atoms in total. The lowest BCUT2D eigenvalue weighted by atomic mass is 10.3. The van der Waals surface area contributed by atoms with Crippen molar-refractivity contribution in [2.75, 3.05) is 31.8 Å². The fourth-order valence-corrected chi connectivity index (χ4v) is 1.38. The maximum absolute atomic E-state index is 11.3. The molecule has 0 aromatic rings. The van der Waals surface area contributed by atoms with Crippen molar-refractivity contribution in [2.24, 2.45) is 0 Å². The molecule has 0 aliphatic rings. The lowest BCUT2D eigenvalue weighted by Gasteiger charge is -2.07. The molecule has 0 spiro atoms. The summed E-state index contributed by atoms with van der Waals surface area (Å²) in [6.07, 6.45) is 4.97. The number of rotatable bonds is 10. The van der Waals surface area contributed by atoms with Crippen molar-refractivity contribution in [3.8, 4) is 0 Å². The summed E-state index contributed by atoms with van der Waals surface area (Å²) < 4.78 is 10.3. The van der Waals surface area contributed by atoms with Crippen molar-refractivity contribution in [1.29, 1.82) is 0 Å². The molecule has 0 aromatic heterocycles. The Morgan fingerprint density at radius 3 is 2.69 bits per heavy atom. The molecule has 0 bridgehead atoms. The molecule has 0 aromatic carbocycles. The summed E-state index contributed by atoms with van der Waals surface area (Å²) in [6, 6.07) is 0. The molecule has 0 heterocycles. The minimum atomic E-state index is -0.335. The lowest BCUT2D eigenvalue weighted by Crippen LogP contribution is -2.13. The fraction of sp³-hybridized carbons (Fsp3) is 0.750. The van der Waals surface area contributed by atoms with Crippen molar-refractivity contribution in [2.45, 2.75) is 26.2 Å². The van der Waals surface area contributed by atoms with Crippen LogP contribution in [-0.4, -0.2) is 37.8 Å². The molecule has 0 aliphatic carbocycles. The number of carbonyl (C=O) groups excluding carboxylic acids is 1. The maximum atomic E-state index is 11.3. The summed E-state index contributed by atoms with van der Waals surface area (Å²) in [5, 5.41) is 0. The Morgan fingerprint density at radius 1 is 1.31 bits per heavy atom. The van der Waals surface area contributed by atoms with Gasteiger partial charge in [0.25, 0.3) is 0 Å². The van der Waals surface area contributed by atoms with Crippen molar-refractivity contribution >= 4 is 17.7 Å².